The first-order valence-corrected chi connectivity index (χ1v) is 9.92. The Morgan fingerprint density at radius 3 is 2.70 bits per heavy atom. The Bertz CT molecular complexity index is 872. The third-order valence-corrected chi connectivity index (χ3v) is 5.80. The number of hydrogen-bond acceptors (Lipinski definition) is 4. The molecule has 3 rings (SSSR count). The Morgan fingerprint density at radius 1 is 1.41 bits per heavy atom. The maximum Gasteiger partial charge on any atom is 0.193 e. The summed E-state index contributed by atoms with van der Waals surface area (Å²) in [4.78, 5) is 19.4. The number of fused-ring (bicyclic) bond motifs is 1. The molecule has 2 aromatic rings. The molecule has 27 heavy (non-hydrogen) atoms. The molecule has 0 bridgehead atoms. The molecule has 0 radical (unpaired) electrons. The number of anilines is 1. The zero-order valence-corrected chi connectivity index (χ0v) is 16.8. The molecule has 0 aromatic carbocycles. The highest BCUT2D eigenvalue weighted by atomic mass is 19.1. The highest BCUT2D eigenvalue weighted by Gasteiger charge is 2.37. The highest BCUT2D eigenvalue weighted by Crippen LogP contribution is 2.36. The summed E-state index contributed by atoms with van der Waals surface area (Å²) in [5, 5.41) is 0.546. The number of rotatable bonds is 8. The van der Waals surface area contributed by atoms with Gasteiger partial charge in [-0.3, -0.25) is 4.79 Å². The summed E-state index contributed by atoms with van der Waals surface area (Å²) >= 11 is 0. The fourth-order valence-corrected chi connectivity index (χ4v) is 3.75. The number of hydrogen-bond donors (Lipinski definition) is 1. The molecule has 6 heteroatoms. The predicted octanol–water partition coefficient (Wildman–Crippen LogP) is 3.72. The monoisotopic (exact) mass is 374 g/mol. The van der Waals surface area contributed by atoms with Crippen LogP contribution >= 0.6 is 0 Å². The van der Waals surface area contributed by atoms with Crippen LogP contribution in [0.2, 0.25) is 0 Å². The first-order valence-electron chi connectivity index (χ1n) is 9.92. The zero-order chi connectivity index (χ0) is 19.8. The van der Waals surface area contributed by atoms with E-state index in [1.165, 1.54) is 0 Å². The molecule has 0 saturated heterocycles. The van der Waals surface area contributed by atoms with Crippen molar-refractivity contribution in [3.63, 3.8) is 0 Å². The Hall–Kier alpha value is -1.95. The van der Waals surface area contributed by atoms with E-state index in [-0.39, 0.29) is 17.0 Å². The third-order valence-electron chi connectivity index (χ3n) is 5.80. The van der Waals surface area contributed by atoms with E-state index in [1.54, 1.807) is 20.0 Å². The van der Waals surface area contributed by atoms with Crippen molar-refractivity contribution in [2.75, 3.05) is 18.5 Å². The number of aryl methyl sites for hydroxylation is 1. The van der Waals surface area contributed by atoms with Crippen molar-refractivity contribution < 1.29 is 4.39 Å². The van der Waals surface area contributed by atoms with Crippen molar-refractivity contribution >= 4 is 16.9 Å². The molecular weight excluding hydrogens is 343 g/mol. The molecule has 2 aromatic heterocycles. The lowest BCUT2D eigenvalue weighted by molar-refractivity contribution is 0.246. The van der Waals surface area contributed by atoms with E-state index >= 15 is 0 Å². The van der Waals surface area contributed by atoms with E-state index in [2.05, 4.69) is 4.90 Å². The van der Waals surface area contributed by atoms with Crippen molar-refractivity contribution in [3.8, 4) is 0 Å². The summed E-state index contributed by atoms with van der Waals surface area (Å²) in [6.07, 6.45) is 5.63. The first-order chi connectivity index (χ1) is 12.8. The van der Waals surface area contributed by atoms with Crippen molar-refractivity contribution in [2.24, 2.45) is 5.73 Å². The predicted molar refractivity (Wildman–Crippen MR) is 109 cm³/mol. The van der Waals surface area contributed by atoms with E-state index in [1.807, 2.05) is 30.7 Å². The van der Waals surface area contributed by atoms with E-state index in [4.69, 9.17) is 10.7 Å². The average molecular weight is 375 g/mol. The minimum Gasteiger partial charge on any atom is -0.360 e. The molecule has 0 amide bonds. The van der Waals surface area contributed by atoms with Crippen LogP contribution in [-0.4, -0.2) is 34.9 Å². The van der Waals surface area contributed by atoms with Gasteiger partial charge in [0.05, 0.1) is 11.4 Å². The van der Waals surface area contributed by atoms with Crippen molar-refractivity contribution in [3.05, 3.63) is 34.1 Å². The van der Waals surface area contributed by atoms with Gasteiger partial charge >= 0.3 is 0 Å². The van der Waals surface area contributed by atoms with E-state index in [0.29, 0.717) is 23.0 Å². The third kappa shape index (κ3) is 4.15. The molecule has 148 valence electrons. The number of aromatic nitrogens is 2. The van der Waals surface area contributed by atoms with E-state index in [9.17, 15) is 9.18 Å². The second kappa shape index (κ2) is 7.58. The maximum atomic E-state index is 14.2. The van der Waals surface area contributed by atoms with Gasteiger partial charge in [-0.15, -0.1) is 0 Å². The summed E-state index contributed by atoms with van der Waals surface area (Å²) in [6.45, 7) is 6.14. The molecule has 2 unspecified atom stereocenters. The SMILES string of the molecule is CCC(C(C)F)n1cc(C)c(=O)c2ccc(N(C)CCCC3(N)CC3)nc21. The van der Waals surface area contributed by atoms with E-state index < -0.39 is 6.17 Å². The van der Waals surface area contributed by atoms with Gasteiger partial charge < -0.3 is 15.2 Å². The first kappa shape index (κ1) is 19.8. The molecule has 2 heterocycles. The largest absolute Gasteiger partial charge is 0.360 e. The van der Waals surface area contributed by atoms with Crippen LogP contribution in [0.15, 0.2) is 23.1 Å². The Labute approximate surface area is 160 Å². The maximum absolute atomic E-state index is 14.2. The van der Waals surface area contributed by atoms with Gasteiger partial charge in [-0.25, -0.2) is 9.37 Å². The highest BCUT2D eigenvalue weighted by molar-refractivity contribution is 5.78. The van der Waals surface area contributed by atoms with Crippen molar-refractivity contribution in [2.45, 2.75) is 70.6 Å². The summed E-state index contributed by atoms with van der Waals surface area (Å²) in [5.74, 6) is 0.794. The number of alkyl halides is 1. The fraction of sp³-hybridized carbons (Fsp3) is 0.619. The van der Waals surface area contributed by atoms with Crippen LogP contribution in [0.3, 0.4) is 0 Å². The standard InChI is InChI=1S/C21H31FN4O/c1-5-17(15(3)22)26-13-14(2)19(27)16-7-8-18(24-20(16)26)25(4)12-6-9-21(23)10-11-21/h7-8,13,15,17H,5-6,9-12,23H2,1-4H3. The van der Waals surface area contributed by atoms with Gasteiger partial charge in [-0.2, -0.15) is 0 Å². The van der Waals surface area contributed by atoms with Gasteiger partial charge in [-0.1, -0.05) is 6.92 Å². The van der Waals surface area contributed by atoms with Crippen molar-refractivity contribution in [1.29, 1.82) is 0 Å². The zero-order valence-electron chi connectivity index (χ0n) is 16.8. The Morgan fingerprint density at radius 2 is 2.11 bits per heavy atom. The number of nitrogens with zero attached hydrogens (tertiary/aromatic N) is 3. The minimum absolute atomic E-state index is 0.0388. The smallest absolute Gasteiger partial charge is 0.193 e. The Kier molecular flexibility index (Phi) is 5.56. The molecule has 0 spiro atoms. The lowest BCUT2D eigenvalue weighted by atomic mass is 10.1. The van der Waals surface area contributed by atoms with Crippen LogP contribution in [0.4, 0.5) is 10.2 Å². The summed E-state index contributed by atoms with van der Waals surface area (Å²) in [5.41, 5.74) is 7.36. The average Bonchev–Trinajstić information content (AvgIpc) is 3.36. The van der Waals surface area contributed by atoms with E-state index in [0.717, 1.165) is 38.0 Å². The fourth-order valence-electron chi connectivity index (χ4n) is 3.75. The van der Waals surface area contributed by atoms with Crippen LogP contribution in [0.1, 0.15) is 57.6 Å². The molecule has 1 aliphatic rings. The van der Waals surface area contributed by atoms with Gasteiger partial charge in [0.2, 0.25) is 0 Å². The normalized spacial score (nSPS) is 17.7. The van der Waals surface area contributed by atoms with Crippen LogP contribution in [-0.2, 0) is 0 Å². The minimum atomic E-state index is -1.03. The van der Waals surface area contributed by atoms with Crippen LogP contribution in [0.5, 0.6) is 0 Å². The van der Waals surface area contributed by atoms with Gasteiger partial charge in [0.15, 0.2) is 5.43 Å². The van der Waals surface area contributed by atoms with Crippen LogP contribution < -0.4 is 16.1 Å². The second-order valence-electron chi connectivity index (χ2n) is 8.13. The Balaban J connectivity index is 1.94. The molecule has 0 aliphatic heterocycles. The summed E-state index contributed by atoms with van der Waals surface area (Å²) < 4.78 is 16.0. The quantitative estimate of drug-likeness (QED) is 0.765. The molecule has 2 atom stereocenters. The lowest BCUT2D eigenvalue weighted by Gasteiger charge is -2.24. The van der Waals surface area contributed by atoms with Crippen molar-refractivity contribution in [1.82, 2.24) is 9.55 Å². The van der Waals surface area contributed by atoms with Gasteiger partial charge in [0, 0.05) is 30.9 Å². The van der Waals surface area contributed by atoms with Gasteiger partial charge in [-0.05, 0) is 58.1 Å². The van der Waals surface area contributed by atoms with Gasteiger partial charge in [0.1, 0.15) is 17.6 Å². The lowest BCUT2D eigenvalue weighted by Crippen LogP contribution is -2.26. The molecule has 1 saturated carbocycles. The number of pyridine rings is 2. The molecule has 1 aliphatic carbocycles. The van der Waals surface area contributed by atoms with Gasteiger partial charge in [0.25, 0.3) is 0 Å². The van der Waals surface area contributed by atoms with Crippen LogP contribution in [0, 0.1) is 6.92 Å². The second-order valence-corrected chi connectivity index (χ2v) is 8.13. The van der Waals surface area contributed by atoms with Crippen LogP contribution in [0.25, 0.3) is 11.0 Å². The summed E-state index contributed by atoms with van der Waals surface area (Å²) in [6, 6.07) is 3.36. The topological polar surface area (TPSA) is 64.2 Å². The number of halogens is 1. The molecular formula is C21H31FN4O. The molecule has 5 nitrogen and oxygen atoms in total. The molecule has 1 fully saturated rings. The number of nitrogens with two attached hydrogens (primary N) is 1. The summed E-state index contributed by atoms with van der Waals surface area (Å²) in [7, 11) is 2.00. The molecule has 2 N–H and O–H groups in total.